The average molecular weight is 314 g/mol. The molecule has 118 valence electrons. The maximum atomic E-state index is 11.9. The molecule has 2 N–H and O–H groups in total. The maximum Gasteiger partial charge on any atom is 0.378 e. The van der Waals surface area contributed by atoms with Crippen LogP contribution in [0.25, 0.3) is 5.78 Å². The molecule has 0 radical (unpaired) electrons. The van der Waals surface area contributed by atoms with E-state index in [4.69, 9.17) is 15.7 Å². The first-order valence-corrected chi connectivity index (χ1v) is 6.61. The first-order chi connectivity index (χ1) is 10.8. The van der Waals surface area contributed by atoms with Gasteiger partial charge in [-0.3, -0.25) is 4.79 Å². The van der Waals surface area contributed by atoms with Crippen LogP contribution in [0.5, 0.6) is 0 Å². The highest BCUT2D eigenvalue weighted by atomic mass is 16.5. The number of ketones is 1. The Labute approximate surface area is 131 Å². The van der Waals surface area contributed by atoms with E-state index in [0.29, 0.717) is 0 Å². The van der Waals surface area contributed by atoms with Crippen LogP contribution in [0.3, 0.4) is 0 Å². The van der Waals surface area contributed by atoms with Crippen molar-refractivity contribution in [1.82, 2.24) is 19.6 Å². The molecular weight excluding hydrogens is 300 g/mol. The van der Waals surface area contributed by atoms with Crippen molar-refractivity contribution >= 4 is 17.5 Å². The minimum absolute atomic E-state index is 0.0645. The third-order valence-corrected chi connectivity index (χ3v) is 2.92. The van der Waals surface area contributed by atoms with Crippen molar-refractivity contribution in [2.24, 2.45) is 5.73 Å². The quantitative estimate of drug-likeness (QED) is 0.481. The number of nitriles is 1. The fourth-order valence-corrected chi connectivity index (χ4v) is 1.89. The second kappa shape index (κ2) is 6.23. The molecule has 0 saturated heterocycles. The zero-order valence-electron chi connectivity index (χ0n) is 12.8. The van der Waals surface area contributed by atoms with E-state index in [1.165, 1.54) is 11.4 Å². The fourth-order valence-electron chi connectivity index (χ4n) is 1.89. The van der Waals surface area contributed by atoms with Crippen LogP contribution in [-0.4, -0.2) is 37.9 Å². The summed E-state index contributed by atoms with van der Waals surface area (Å²) >= 11 is 0. The van der Waals surface area contributed by atoms with Gasteiger partial charge in [0.2, 0.25) is 5.78 Å². The molecule has 0 fully saturated rings. The van der Waals surface area contributed by atoms with Crippen molar-refractivity contribution in [3.8, 4) is 6.07 Å². The maximum absolute atomic E-state index is 11.9. The van der Waals surface area contributed by atoms with E-state index in [0.717, 1.165) is 11.4 Å². The summed E-state index contributed by atoms with van der Waals surface area (Å²) in [6, 6.07) is 3.45. The molecule has 2 aromatic heterocycles. The lowest BCUT2D eigenvalue weighted by Crippen LogP contribution is -2.18. The lowest BCUT2D eigenvalue weighted by Gasteiger charge is -2.01. The number of esters is 1. The monoisotopic (exact) mass is 314 g/mol. The zero-order chi connectivity index (χ0) is 17.1. The topological polar surface area (TPSA) is 136 Å². The summed E-state index contributed by atoms with van der Waals surface area (Å²) in [5.41, 5.74) is 6.72. The summed E-state index contributed by atoms with van der Waals surface area (Å²) in [6.45, 7) is 4.39. The van der Waals surface area contributed by atoms with Crippen molar-refractivity contribution in [1.29, 1.82) is 5.26 Å². The largest absolute Gasteiger partial charge is 0.451 e. The van der Waals surface area contributed by atoms with Gasteiger partial charge in [-0.2, -0.15) is 10.2 Å². The highest BCUT2D eigenvalue weighted by Crippen LogP contribution is 2.07. The third kappa shape index (κ3) is 3.32. The van der Waals surface area contributed by atoms with Crippen LogP contribution in [0, 0.1) is 25.2 Å². The molecule has 0 unspecified atom stereocenters. The summed E-state index contributed by atoms with van der Waals surface area (Å²) in [5, 5.41) is 12.8. The number of nitrogens with zero attached hydrogens (tertiary/aromatic N) is 5. The Hall–Kier alpha value is -3.28. The van der Waals surface area contributed by atoms with Gasteiger partial charge in [0.1, 0.15) is 11.6 Å². The molecule has 0 aromatic carbocycles. The summed E-state index contributed by atoms with van der Waals surface area (Å²) in [4.78, 5) is 31.8. The minimum atomic E-state index is -0.882. The molecule has 0 aliphatic carbocycles. The molecule has 0 spiro atoms. The van der Waals surface area contributed by atoms with Crippen LogP contribution in [-0.2, 0) is 9.53 Å². The summed E-state index contributed by atoms with van der Waals surface area (Å²) < 4.78 is 6.23. The van der Waals surface area contributed by atoms with Gasteiger partial charge < -0.3 is 10.5 Å². The van der Waals surface area contributed by atoms with Gasteiger partial charge in [0.05, 0.1) is 0 Å². The molecule has 9 nitrogen and oxygen atoms in total. The van der Waals surface area contributed by atoms with E-state index in [-0.39, 0.29) is 22.9 Å². The van der Waals surface area contributed by atoms with Gasteiger partial charge in [0, 0.05) is 17.1 Å². The second-order valence-electron chi connectivity index (χ2n) is 4.86. The number of allylic oxidation sites excluding steroid dienone is 1. The molecule has 0 bridgehead atoms. The molecule has 2 rings (SSSR count). The van der Waals surface area contributed by atoms with Crippen molar-refractivity contribution in [2.75, 3.05) is 6.61 Å². The number of fused-ring (bicyclic) bond motifs is 1. The Kier molecular flexibility index (Phi) is 4.36. The van der Waals surface area contributed by atoms with Gasteiger partial charge in [0.25, 0.3) is 11.6 Å². The molecule has 0 saturated carbocycles. The summed E-state index contributed by atoms with van der Waals surface area (Å²) in [6.07, 6.45) is 0. The van der Waals surface area contributed by atoms with Crippen LogP contribution in [0.1, 0.15) is 28.9 Å². The molecule has 0 aliphatic heterocycles. The molecule has 2 aromatic rings. The number of ether oxygens (including phenoxy) is 1. The Morgan fingerprint density at radius 2 is 2.09 bits per heavy atom. The average Bonchev–Trinajstić information content (AvgIpc) is 2.89. The van der Waals surface area contributed by atoms with Crippen LogP contribution in [0.15, 0.2) is 17.3 Å². The Balaban J connectivity index is 2.16. The number of rotatable bonds is 4. The van der Waals surface area contributed by atoms with Gasteiger partial charge in [-0.1, -0.05) is 0 Å². The lowest BCUT2D eigenvalue weighted by molar-refractivity contribution is -0.118. The van der Waals surface area contributed by atoms with Crippen LogP contribution < -0.4 is 5.73 Å². The number of Topliss-reactive ketones (excluding diaryl/α,β-unsaturated/α-hetero) is 1. The van der Waals surface area contributed by atoms with Gasteiger partial charge in [-0.15, -0.1) is 5.10 Å². The SMILES string of the molecule is C/C(N)=C(\C#N)C(=O)COC(=O)c1nc2nc(C)cc(C)n2n1. The Morgan fingerprint density at radius 1 is 1.39 bits per heavy atom. The second-order valence-corrected chi connectivity index (χ2v) is 4.86. The summed E-state index contributed by atoms with van der Waals surface area (Å²) in [7, 11) is 0. The predicted molar refractivity (Wildman–Crippen MR) is 78.0 cm³/mol. The van der Waals surface area contributed by atoms with E-state index in [9.17, 15) is 9.59 Å². The normalized spacial score (nSPS) is 11.7. The third-order valence-electron chi connectivity index (χ3n) is 2.92. The number of nitrogens with two attached hydrogens (primary N) is 1. The molecule has 2 heterocycles. The first-order valence-electron chi connectivity index (χ1n) is 6.61. The van der Waals surface area contributed by atoms with Crippen LogP contribution >= 0.6 is 0 Å². The van der Waals surface area contributed by atoms with Crippen molar-refractivity contribution in [3.63, 3.8) is 0 Å². The molecule has 0 amide bonds. The Morgan fingerprint density at radius 3 is 2.70 bits per heavy atom. The van der Waals surface area contributed by atoms with E-state index in [1.54, 1.807) is 26.0 Å². The van der Waals surface area contributed by atoms with Crippen molar-refractivity contribution in [3.05, 3.63) is 34.5 Å². The van der Waals surface area contributed by atoms with Gasteiger partial charge in [-0.25, -0.2) is 14.3 Å². The van der Waals surface area contributed by atoms with E-state index < -0.39 is 18.4 Å². The van der Waals surface area contributed by atoms with Crippen molar-refractivity contribution in [2.45, 2.75) is 20.8 Å². The number of aromatic nitrogens is 4. The highest BCUT2D eigenvalue weighted by Gasteiger charge is 2.19. The van der Waals surface area contributed by atoms with E-state index >= 15 is 0 Å². The zero-order valence-corrected chi connectivity index (χ0v) is 12.8. The Bertz CT molecular complexity index is 871. The van der Waals surface area contributed by atoms with Gasteiger partial charge in [0.15, 0.2) is 6.61 Å². The molecule has 9 heteroatoms. The molecule has 0 aliphatic rings. The van der Waals surface area contributed by atoms with Crippen LogP contribution in [0.4, 0.5) is 0 Å². The fraction of sp³-hybridized carbons (Fsp3) is 0.286. The summed E-state index contributed by atoms with van der Waals surface area (Å²) in [5.74, 6) is -1.52. The smallest absolute Gasteiger partial charge is 0.378 e. The number of hydrogen-bond acceptors (Lipinski definition) is 8. The van der Waals surface area contributed by atoms with E-state index in [1.807, 2.05) is 0 Å². The predicted octanol–water partition coefficient (Wildman–Crippen LogP) is 0.223. The first kappa shape index (κ1) is 16.1. The minimum Gasteiger partial charge on any atom is -0.451 e. The number of aryl methyl sites for hydroxylation is 2. The molecule has 23 heavy (non-hydrogen) atoms. The van der Waals surface area contributed by atoms with Gasteiger partial charge >= 0.3 is 5.97 Å². The molecule has 0 atom stereocenters. The number of hydrogen-bond donors (Lipinski definition) is 1. The van der Waals surface area contributed by atoms with Gasteiger partial charge in [-0.05, 0) is 26.8 Å². The van der Waals surface area contributed by atoms with Crippen molar-refractivity contribution < 1.29 is 14.3 Å². The number of carbonyl (C=O) groups is 2. The molecular formula is C14H14N6O3. The highest BCUT2D eigenvalue weighted by molar-refractivity contribution is 6.01. The van der Waals surface area contributed by atoms with E-state index in [2.05, 4.69) is 15.1 Å². The number of carbonyl (C=O) groups excluding carboxylic acids is 2. The standard InChI is InChI=1S/C14H14N6O3/c1-7-4-8(2)20-14(17-7)18-12(19-20)13(22)23-6-11(21)10(5-15)9(3)16/h4H,6,16H2,1-3H3/b10-9-. The lowest BCUT2D eigenvalue weighted by atomic mass is 10.1. The van der Waals surface area contributed by atoms with Crippen LogP contribution in [0.2, 0.25) is 0 Å².